The fourth-order valence-electron chi connectivity index (χ4n) is 3.09. The van der Waals surface area contributed by atoms with Crippen LogP contribution in [-0.2, 0) is 12.8 Å². The maximum atomic E-state index is 5.63. The first kappa shape index (κ1) is 9.22. The summed E-state index contributed by atoms with van der Waals surface area (Å²) in [7, 11) is 0. The van der Waals surface area contributed by atoms with Gasteiger partial charge in [0.1, 0.15) is 5.75 Å². The third-order valence-corrected chi connectivity index (χ3v) is 3.74. The van der Waals surface area contributed by atoms with Crippen molar-refractivity contribution in [1.29, 1.82) is 0 Å². The zero-order valence-corrected chi connectivity index (χ0v) is 9.09. The van der Waals surface area contributed by atoms with Crippen LogP contribution in [0.5, 0.6) is 5.75 Å². The predicted octanol–water partition coefficient (Wildman–Crippen LogP) is 1.28. The number of aryl methyl sites for hydroxylation is 1. The van der Waals surface area contributed by atoms with E-state index in [1.165, 1.54) is 24.8 Å². The fourth-order valence-corrected chi connectivity index (χ4v) is 3.09. The van der Waals surface area contributed by atoms with Crippen molar-refractivity contribution >= 4 is 0 Å². The van der Waals surface area contributed by atoms with E-state index in [1.807, 2.05) is 0 Å². The van der Waals surface area contributed by atoms with E-state index >= 15 is 0 Å². The zero-order chi connectivity index (χ0) is 10.3. The van der Waals surface area contributed by atoms with Crippen LogP contribution in [0.25, 0.3) is 0 Å². The Morgan fingerprint density at radius 2 is 2.27 bits per heavy atom. The molecule has 3 N–H and O–H groups in total. The van der Waals surface area contributed by atoms with E-state index in [0.29, 0.717) is 0 Å². The molecule has 1 unspecified atom stereocenters. The van der Waals surface area contributed by atoms with Gasteiger partial charge in [-0.15, -0.1) is 0 Å². The van der Waals surface area contributed by atoms with Gasteiger partial charge in [0.25, 0.3) is 0 Å². The van der Waals surface area contributed by atoms with E-state index in [-0.39, 0.29) is 0 Å². The minimum Gasteiger partial charge on any atom is -0.493 e. The van der Waals surface area contributed by atoms with E-state index in [4.69, 9.17) is 4.74 Å². The van der Waals surface area contributed by atoms with Crippen molar-refractivity contribution in [3.05, 3.63) is 28.8 Å². The average Bonchev–Trinajstić information content (AvgIpc) is 2.83. The summed E-state index contributed by atoms with van der Waals surface area (Å²) >= 11 is 0. The molecule has 0 radical (unpaired) electrons. The number of hydrogen-bond donors (Lipinski definition) is 1. The van der Waals surface area contributed by atoms with Crippen molar-refractivity contribution < 1.29 is 10.5 Å². The van der Waals surface area contributed by atoms with Crippen LogP contribution in [0.1, 0.15) is 35.4 Å². The number of ether oxygens (including phenoxy) is 1. The van der Waals surface area contributed by atoms with Gasteiger partial charge in [0.15, 0.2) is 0 Å². The molecule has 0 saturated heterocycles. The number of fused-ring (bicyclic) bond motifs is 3. The molecule has 3 rings (SSSR count). The molecule has 1 aliphatic heterocycles. The third-order valence-electron chi connectivity index (χ3n) is 3.74. The molecule has 80 valence electrons. The molecule has 1 heterocycles. The van der Waals surface area contributed by atoms with Crippen LogP contribution in [0, 0.1) is 0 Å². The highest BCUT2D eigenvalue weighted by Crippen LogP contribution is 2.42. The Balaban J connectivity index is 2.05. The van der Waals surface area contributed by atoms with Gasteiger partial charge in [0, 0.05) is 18.4 Å². The fraction of sp³-hybridized carbons (Fsp3) is 0.538. The van der Waals surface area contributed by atoms with E-state index in [2.05, 4.69) is 17.9 Å². The summed E-state index contributed by atoms with van der Waals surface area (Å²) in [5, 5.41) is 0. The summed E-state index contributed by atoms with van der Waals surface area (Å²) in [4.78, 5) is 0. The van der Waals surface area contributed by atoms with Gasteiger partial charge in [0.05, 0.1) is 13.2 Å². The van der Waals surface area contributed by atoms with E-state index < -0.39 is 0 Å². The van der Waals surface area contributed by atoms with Gasteiger partial charge in [-0.3, -0.25) is 0 Å². The minimum absolute atomic E-state index is 0.758. The van der Waals surface area contributed by atoms with Crippen molar-refractivity contribution in [1.82, 2.24) is 0 Å². The molecular weight excluding hydrogens is 186 g/mol. The molecule has 2 heteroatoms. The normalized spacial score (nSPS) is 22.3. The molecule has 0 aromatic heterocycles. The highest BCUT2D eigenvalue weighted by atomic mass is 16.5. The van der Waals surface area contributed by atoms with Crippen molar-refractivity contribution in [2.45, 2.75) is 31.6 Å². The summed E-state index contributed by atoms with van der Waals surface area (Å²) in [5.41, 5.74) is 8.67. The first-order valence-corrected chi connectivity index (χ1v) is 5.97. The Morgan fingerprint density at radius 1 is 1.33 bits per heavy atom. The molecule has 0 amide bonds. The SMILES string of the molecule is [NH3+]CCC1CCc2ccc3c(c21)CCO3. The second kappa shape index (κ2) is 3.53. The molecular formula is C13H18NO+. The van der Waals surface area contributed by atoms with Crippen molar-refractivity contribution in [3.63, 3.8) is 0 Å². The smallest absolute Gasteiger partial charge is 0.122 e. The lowest BCUT2D eigenvalue weighted by Gasteiger charge is -2.12. The Labute approximate surface area is 90.4 Å². The van der Waals surface area contributed by atoms with Crippen LogP contribution >= 0.6 is 0 Å². The Kier molecular flexibility index (Phi) is 2.17. The molecule has 2 nitrogen and oxygen atoms in total. The zero-order valence-electron chi connectivity index (χ0n) is 9.09. The number of rotatable bonds is 2. The molecule has 1 atom stereocenters. The van der Waals surface area contributed by atoms with E-state index in [1.54, 1.807) is 11.1 Å². The van der Waals surface area contributed by atoms with Crippen LogP contribution in [-0.4, -0.2) is 13.2 Å². The van der Waals surface area contributed by atoms with Gasteiger partial charge in [-0.1, -0.05) is 6.07 Å². The van der Waals surface area contributed by atoms with E-state index in [9.17, 15) is 0 Å². The van der Waals surface area contributed by atoms with Crippen LogP contribution in [0.2, 0.25) is 0 Å². The molecule has 1 aliphatic carbocycles. The molecule has 2 aliphatic rings. The van der Waals surface area contributed by atoms with Gasteiger partial charge < -0.3 is 10.5 Å². The van der Waals surface area contributed by atoms with Crippen molar-refractivity contribution in [3.8, 4) is 5.75 Å². The summed E-state index contributed by atoms with van der Waals surface area (Å²) in [6.45, 7) is 1.93. The Bertz CT molecular complexity index is 384. The lowest BCUT2D eigenvalue weighted by molar-refractivity contribution is -0.369. The Morgan fingerprint density at radius 3 is 3.13 bits per heavy atom. The predicted molar refractivity (Wildman–Crippen MR) is 59.1 cm³/mol. The van der Waals surface area contributed by atoms with Crippen molar-refractivity contribution in [2.24, 2.45) is 0 Å². The van der Waals surface area contributed by atoms with Gasteiger partial charge >= 0.3 is 0 Å². The van der Waals surface area contributed by atoms with Crippen LogP contribution in [0.4, 0.5) is 0 Å². The Hall–Kier alpha value is -1.02. The van der Waals surface area contributed by atoms with Gasteiger partial charge in [-0.25, -0.2) is 0 Å². The summed E-state index contributed by atoms with van der Waals surface area (Å²) in [5.74, 6) is 1.90. The topological polar surface area (TPSA) is 36.9 Å². The largest absolute Gasteiger partial charge is 0.493 e. The molecule has 0 bridgehead atoms. The molecule has 0 spiro atoms. The molecule has 1 aromatic carbocycles. The summed E-state index contributed by atoms with van der Waals surface area (Å²) in [6.07, 6.45) is 4.93. The average molecular weight is 204 g/mol. The number of hydrogen-bond acceptors (Lipinski definition) is 1. The first-order valence-electron chi connectivity index (χ1n) is 5.97. The van der Waals surface area contributed by atoms with Gasteiger partial charge in [0.2, 0.25) is 0 Å². The molecule has 0 saturated carbocycles. The highest BCUT2D eigenvalue weighted by molar-refractivity contribution is 5.51. The second-order valence-electron chi connectivity index (χ2n) is 4.59. The third kappa shape index (κ3) is 1.36. The summed E-state index contributed by atoms with van der Waals surface area (Å²) in [6, 6.07) is 4.43. The van der Waals surface area contributed by atoms with Gasteiger partial charge in [-0.05, 0) is 36.0 Å². The lowest BCUT2D eigenvalue weighted by Crippen LogP contribution is -2.50. The van der Waals surface area contributed by atoms with E-state index in [0.717, 1.165) is 31.2 Å². The minimum atomic E-state index is 0.758. The van der Waals surface area contributed by atoms with Gasteiger partial charge in [-0.2, -0.15) is 0 Å². The van der Waals surface area contributed by atoms with Crippen LogP contribution in [0.3, 0.4) is 0 Å². The number of benzene rings is 1. The van der Waals surface area contributed by atoms with Crippen molar-refractivity contribution in [2.75, 3.05) is 13.2 Å². The molecule has 1 aromatic rings. The number of quaternary nitrogens is 1. The maximum absolute atomic E-state index is 5.63. The van der Waals surface area contributed by atoms with Crippen LogP contribution < -0.4 is 10.5 Å². The monoisotopic (exact) mass is 204 g/mol. The van der Waals surface area contributed by atoms with Crippen LogP contribution in [0.15, 0.2) is 12.1 Å². The lowest BCUT2D eigenvalue weighted by atomic mass is 9.92. The molecule has 15 heavy (non-hydrogen) atoms. The highest BCUT2D eigenvalue weighted by Gasteiger charge is 2.28. The summed E-state index contributed by atoms with van der Waals surface area (Å²) < 4.78 is 5.63. The second-order valence-corrected chi connectivity index (χ2v) is 4.59. The standard InChI is InChI=1S/C13H17NO/c14-7-5-10-2-1-9-3-4-12-11(13(9)10)6-8-15-12/h3-4,10H,1-2,5-8,14H2/p+1. The first-order chi connectivity index (χ1) is 7.40. The quantitative estimate of drug-likeness (QED) is 0.774. The molecule has 0 fully saturated rings. The maximum Gasteiger partial charge on any atom is 0.122 e.